The van der Waals surface area contributed by atoms with Crippen LogP contribution in [0.5, 0.6) is 0 Å². The first-order chi connectivity index (χ1) is 8.10. The third-order valence-corrected chi connectivity index (χ3v) is 2.96. The van der Waals surface area contributed by atoms with Crippen LogP contribution >= 0.6 is 11.8 Å². The molecule has 3 nitrogen and oxygen atoms in total. The molecule has 0 amide bonds. The molecule has 0 atom stereocenters. The van der Waals surface area contributed by atoms with Crippen molar-refractivity contribution >= 4 is 11.8 Å². The van der Waals surface area contributed by atoms with Crippen LogP contribution in [0.3, 0.4) is 0 Å². The van der Waals surface area contributed by atoms with E-state index in [0.29, 0.717) is 22.0 Å². The molecular weight excluding hydrogens is 239 g/mol. The van der Waals surface area contributed by atoms with Gasteiger partial charge in [0.15, 0.2) is 5.16 Å². The number of aromatic amines is 1. The molecule has 0 saturated heterocycles. The van der Waals surface area contributed by atoms with Gasteiger partial charge in [0.2, 0.25) is 0 Å². The fourth-order valence-corrected chi connectivity index (χ4v) is 1.82. The van der Waals surface area contributed by atoms with Gasteiger partial charge in [0.1, 0.15) is 5.82 Å². The lowest BCUT2D eigenvalue weighted by Crippen LogP contribution is -2.07. The topological polar surface area (TPSA) is 45.8 Å². The summed E-state index contributed by atoms with van der Waals surface area (Å²) >= 11 is 1.34. The molecule has 1 aromatic carbocycles. The molecule has 2 rings (SSSR count). The SMILES string of the molecule is CSc1nc(-c2ccc(C)c(F)c2)cc(=O)[nH]1. The Hall–Kier alpha value is -1.62. The highest BCUT2D eigenvalue weighted by atomic mass is 32.2. The van der Waals surface area contributed by atoms with Gasteiger partial charge < -0.3 is 4.98 Å². The minimum absolute atomic E-state index is 0.236. The minimum atomic E-state index is -0.296. The second-order valence-corrected chi connectivity index (χ2v) is 4.40. The molecule has 0 aliphatic carbocycles. The normalized spacial score (nSPS) is 10.5. The number of thioether (sulfide) groups is 1. The summed E-state index contributed by atoms with van der Waals surface area (Å²) in [6.07, 6.45) is 1.82. The lowest BCUT2D eigenvalue weighted by Gasteiger charge is -2.04. The van der Waals surface area contributed by atoms with Crippen LogP contribution in [-0.2, 0) is 0 Å². The number of halogens is 1. The number of rotatable bonds is 2. The average Bonchev–Trinajstić information content (AvgIpc) is 2.32. The van der Waals surface area contributed by atoms with E-state index in [4.69, 9.17) is 0 Å². The number of H-pyrrole nitrogens is 1. The lowest BCUT2D eigenvalue weighted by molar-refractivity contribution is 0.619. The number of hydrogen-bond acceptors (Lipinski definition) is 3. The second kappa shape index (κ2) is 4.71. The van der Waals surface area contributed by atoms with E-state index in [1.807, 2.05) is 6.26 Å². The molecule has 17 heavy (non-hydrogen) atoms. The molecule has 0 aliphatic rings. The van der Waals surface area contributed by atoms with Gasteiger partial charge in [-0.2, -0.15) is 0 Å². The van der Waals surface area contributed by atoms with Gasteiger partial charge in [0, 0.05) is 11.6 Å². The van der Waals surface area contributed by atoms with Crippen molar-refractivity contribution in [3.63, 3.8) is 0 Å². The van der Waals surface area contributed by atoms with Crippen molar-refractivity contribution < 1.29 is 4.39 Å². The van der Waals surface area contributed by atoms with Crippen molar-refractivity contribution in [2.24, 2.45) is 0 Å². The summed E-state index contributed by atoms with van der Waals surface area (Å²) in [5, 5.41) is 0.522. The Morgan fingerprint density at radius 1 is 1.35 bits per heavy atom. The van der Waals surface area contributed by atoms with Gasteiger partial charge in [0.25, 0.3) is 5.56 Å². The van der Waals surface area contributed by atoms with Gasteiger partial charge in [-0.3, -0.25) is 4.79 Å². The molecule has 5 heteroatoms. The van der Waals surface area contributed by atoms with Crippen molar-refractivity contribution in [1.82, 2.24) is 9.97 Å². The zero-order valence-corrected chi connectivity index (χ0v) is 10.3. The smallest absolute Gasteiger partial charge is 0.252 e. The van der Waals surface area contributed by atoms with Crippen LogP contribution in [0.1, 0.15) is 5.56 Å². The molecule has 0 aliphatic heterocycles. The Bertz CT molecular complexity index is 610. The van der Waals surface area contributed by atoms with E-state index in [1.165, 1.54) is 23.9 Å². The first kappa shape index (κ1) is 11.9. The predicted octanol–water partition coefficient (Wildman–Crippen LogP) is 2.61. The van der Waals surface area contributed by atoms with Crippen LogP contribution in [0.15, 0.2) is 34.2 Å². The van der Waals surface area contributed by atoms with Crippen molar-refractivity contribution in [2.45, 2.75) is 12.1 Å². The molecule has 0 saturated carbocycles. The number of aryl methyl sites for hydroxylation is 1. The van der Waals surface area contributed by atoms with Crippen molar-refractivity contribution in [3.8, 4) is 11.3 Å². The Balaban J connectivity index is 2.55. The van der Waals surface area contributed by atoms with Crippen LogP contribution in [0.2, 0.25) is 0 Å². The Morgan fingerprint density at radius 3 is 2.76 bits per heavy atom. The van der Waals surface area contributed by atoms with E-state index < -0.39 is 0 Å². The van der Waals surface area contributed by atoms with Crippen LogP contribution in [-0.4, -0.2) is 16.2 Å². The van der Waals surface area contributed by atoms with Gasteiger partial charge in [-0.15, -0.1) is 0 Å². The van der Waals surface area contributed by atoms with Crippen LogP contribution in [0.25, 0.3) is 11.3 Å². The summed E-state index contributed by atoms with van der Waals surface area (Å²) in [5.74, 6) is -0.296. The first-order valence-electron chi connectivity index (χ1n) is 5.02. The number of benzene rings is 1. The molecular formula is C12H11FN2OS. The first-order valence-corrected chi connectivity index (χ1v) is 6.24. The molecule has 2 aromatic rings. The van der Waals surface area contributed by atoms with Gasteiger partial charge in [-0.1, -0.05) is 23.9 Å². The Morgan fingerprint density at radius 2 is 2.12 bits per heavy atom. The predicted molar refractivity (Wildman–Crippen MR) is 66.8 cm³/mol. The highest BCUT2D eigenvalue weighted by Crippen LogP contribution is 2.20. The second-order valence-electron chi connectivity index (χ2n) is 3.60. The summed E-state index contributed by atoms with van der Waals surface area (Å²) in [6, 6.07) is 6.18. The lowest BCUT2D eigenvalue weighted by atomic mass is 10.1. The minimum Gasteiger partial charge on any atom is -0.301 e. The maximum atomic E-state index is 13.4. The number of aromatic nitrogens is 2. The fourth-order valence-electron chi connectivity index (χ4n) is 1.43. The van der Waals surface area contributed by atoms with E-state index in [2.05, 4.69) is 9.97 Å². The maximum absolute atomic E-state index is 13.4. The number of nitrogens with zero attached hydrogens (tertiary/aromatic N) is 1. The summed E-state index contributed by atoms with van der Waals surface area (Å²) in [7, 11) is 0. The molecule has 1 heterocycles. The largest absolute Gasteiger partial charge is 0.301 e. The van der Waals surface area contributed by atoms with E-state index in [1.54, 1.807) is 19.1 Å². The quantitative estimate of drug-likeness (QED) is 0.658. The number of nitrogens with one attached hydrogen (secondary N) is 1. The molecule has 0 bridgehead atoms. The highest BCUT2D eigenvalue weighted by molar-refractivity contribution is 7.98. The molecule has 0 radical (unpaired) electrons. The zero-order chi connectivity index (χ0) is 12.4. The zero-order valence-electron chi connectivity index (χ0n) is 9.45. The number of hydrogen-bond donors (Lipinski definition) is 1. The van der Waals surface area contributed by atoms with Gasteiger partial charge in [-0.05, 0) is 24.8 Å². The molecule has 88 valence electrons. The van der Waals surface area contributed by atoms with Gasteiger partial charge in [0.05, 0.1) is 5.69 Å². The molecule has 1 N–H and O–H groups in total. The highest BCUT2D eigenvalue weighted by Gasteiger charge is 2.06. The Labute approximate surface area is 102 Å². The Kier molecular flexibility index (Phi) is 3.28. The summed E-state index contributed by atoms with van der Waals surface area (Å²) in [6.45, 7) is 1.69. The van der Waals surface area contributed by atoms with Crippen molar-refractivity contribution in [3.05, 3.63) is 46.0 Å². The molecule has 0 fully saturated rings. The molecule has 0 unspecified atom stereocenters. The summed E-state index contributed by atoms with van der Waals surface area (Å²) < 4.78 is 13.4. The van der Waals surface area contributed by atoms with Crippen LogP contribution in [0, 0.1) is 12.7 Å². The van der Waals surface area contributed by atoms with Crippen LogP contribution in [0.4, 0.5) is 4.39 Å². The standard InChI is InChI=1S/C12H11FN2OS/c1-7-3-4-8(5-9(7)13)10-6-11(16)15-12(14-10)17-2/h3-6H,1-2H3,(H,14,15,16). The monoisotopic (exact) mass is 250 g/mol. The van der Waals surface area contributed by atoms with Crippen LogP contribution < -0.4 is 5.56 Å². The van der Waals surface area contributed by atoms with E-state index >= 15 is 0 Å². The van der Waals surface area contributed by atoms with E-state index in [9.17, 15) is 9.18 Å². The third-order valence-electron chi connectivity index (χ3n) is 2.38. The maximum Gasteiger partial charge on any atom is 0.252 e. The van der Waals surface area contributed by atoms with Crippen molar-refractivity contribution in [1.29, 1.82) is 0 Å². The van der Waals surface area contributed by atoms with Crippen molar-refractivity contribution in [2.75, 3.05) is 6.26 Å². The van der Waals surface area contributed by atoms with E-state index in [-0.39, 0.29) is 11.4 Å². The molecule has 0 spiro atoms. The van der Waals surface area contributed by atoms with Gasteiger partial charge >= 0.3 is 0 Å². The average molecular weight is 250 g/mol. The summed E-state index contributed by atoms with van der Waals surface area (Å²) in [4.78, 5) is 18.2. The van der Waals surface area contributed by atoms with Gasteiger partial charge in [-0.25, -0.2) is 9.37 Å². The third kappa shape index (κ3) is 2.55. The summed E-state index contributed by atoms with van der Waals surface area (Å²) in [5.41, 5.74) is 1.43. The fraction of sp³-hybridized carbons (Fsp3) is 0.167. The molecule has 1 aromatic heterocycles. The van der Waals surface area contributed by atoms with E-state index in [0.717, 1.165) is 0 Å².